The molecule has 0 aromatic carbocycles. The van der Waals surface area contributed by atoms with Crippen LogP contribution in [0, 0.1) is 5.41 Å². The molecule has 2 unspecified atom stereocenters. The van der Waals surface area contributed by atoms with Crippen LogP contribution in [0.1, 0.15) is 239 Å². The molecule has 28 heteroatoms. The van der Waals surface area contributed by atoms with E-state index in [-0.39, 0.29) is 41.6 Å². The maximum absolute atomic E-state index is 12.7. The molecule has 1 fully saturated rings. The van der Waals surface area contributed by atoms with Gasteiger partial charge < -0.3 is 69.0 Å². The van der Waals surface area contributed by atoms with Gasteiger partial charge in [0.05, 0.1) is 27.4 Å². The summed E-state index contributed by atoms with van der Waals surface area (Å²) in [5, 5.41) is 26.4. The van der Waals surface area contributed by atoms with E-state index in [1.165, 1.54) is 200 Å². The Bertz CT molecular complexity index is 2370. The number of amides is 2. The van der Waals surface area contributed by atoms with Crippen molar-refractivity contribution in [2.45, 2.75) is 263 Å². The Balaban J connectivity index is 1.12. The van der Waals surface area contributed by atoms with Crippen LogP contribution in [-0.2, 0) is 50.7 Å². The normalized spacial score (nSPS) is 18.5. The summed E-state index contributed by atoms with van der Waals surface area (Å²) in [5.74, 6) is -1.19. The lowest BCUT2D eigenvalue weighted by molar-refractivity contribution is -0.347. The van der Waals surface area contributed by atoms with Crippen molar-refractivity contribution in [2.24, 2.45) is 5.41 Å². The summed E-state index contributed by atoms with van der Waals surface area (Å²) in [6, 6.07) is 0. The third kappa shape index (κ3) is 34.2. The number of nitrogens with one attached hydrogen (secondary N) is 2. The van der Waals surface area contributed by atoms with Crippen LogP contribution in [-0.4, -0.2) is 103 Å². The first-order valence-electron chi connectivity index (χ1n) is 31.2. The molecular weight excluding hydrogens is 1180 g/mol. The second-order valence-corrected chi connectivity index (χ2v) is 28.1. The van der Waals surface area contributed by atoms with Crippen LogP contribution in [0.15, 0.2) is 24.8 Å². The van der Waals surface area contributed by atoms with Crippen LogP contribution in [0.4, 0.5) is 5.82 Å². The molecule has 0 radical (unpaired) electrons. The number of imidazole rings is 1. The van der Waals surface area contributed by atoms with Gasteiger partial charge in [-0.2, -0.15) is 0 Å². The van der Waals surface area contributed by atoms with Gasteiger partial charge in [-0.15, -0.1) is 0 Å². The lowest BCUT2D eigenvalue weighted by atomic mass is 9.87. The van der Waals surface area contributed by atoms with Crippen LogP contribution < -0.4 is 35.9 Å². The van der Waals surface area contributed by atoms with Crippen LogP contribution in [0.5, 0.6) is 0 Å². The first-order valence-corrected chi connectivity index (χ1v) is 36.6. The quantitative estimate of drug-likeness (QED) is 0.0234. The van der Waals surface area contributed by atoms with E-state index < -0.39 is 84.6 Å². The summed E-state index contributed by atoms with van der Waals surface area (Å²) >= 11 is 1.07. The predicted octanol–water partition coefficient (Wildman–Crippen LogP) is 9.20. The summed E-state index contributed by atoms with van der Waals surface area (Å²) in [5.41, 5.74) is 4.10. The van der Waals surface area contributed by atoms with Crippen LogP contribution in [0.2, 0.25) is 0 Å². The molecule has 1 saturated heterocycles. The van der Waals surface area contributed by atoms with Gasteiger partial charge in [0.2, 0.25) is 16.9 Å². The lowest BCUT2D eigenvalue weighted by Gasteiger charge is -2.36. The molecule has 2 amide bonds. The molecule has 3 rings (SSSR count). The summed E-state index contributed by atoms with van der Waals surface area (Å²) in [6.07, 6.45) is 39.2. The number of fused-ring (bicyclic) bond motifs is 1. The van der Waals surface area contributed by atoms with E-state index in [1.54, 1.807) is 6.08 Å². The number of phosphoric acid groups is 3. The lowest BCUT2D eigenvalue weighted by Crippen LogP contribution is -2.46. The number of anilines is 1. The number of hydrogen-bond acceptors (Lipinski definition) is 22. The Hall–Kier alpha value is -2.70. The molecule has 1 aliphatic rings. The topological polar surface area (TPSA) is 375 Å². The number of carbonyl (C=O) groups excluding carboxylic acids is 3. The van der Waals surface area contributed by atoms with Crippen molar-refractivity contribution in [1.29, 1.82) is 0 Å². The molecule has 0 spiro atoms. The van der Waals surface area contributed by atoms with Crippen molar-refractivity contribution in [3.8, 4) is 0 Å². The molecular formula is C57H100N7O17P3S-4. The number of carbonyl (C=O) groups is 3. The van der Waals surface area contributed by atoms with Gasteiger partial charge >= 0.3 is 0 Å². The minimum Gasteiger partial charge on any atom is -0.790 e. The average Bonchev–Trinajstić information content (AvgIpc) is 2.05. The number of nitrogens with two attached hydrogens (primary N) is 1. The van der Waals surface area contributed by atoms with Gasteiger partial charge in [0.15, 0.2) is 17.7 Å². The van der Waals surface area contributed by atoms with Crippen molar-refractivity contribution in [2.75, 3.05) is 37.8 Å². The highest BCUT2D eigenvalue weighted by molar-refractivity contribution is 8.14. The molecule has 2 aromatic rings. The molecule has 3 heterocycles. The minimum absolute atomic E-state index is 0.0180. The number of aliphatic hydroxyl groups excluding tert-OH is 2. The highest BCUT2D eigenvalue weighted by Crippen LogP contribution is 2.56. The summed E-state index contributed by atoms with van der Waals surface area (Å²) in [6.45, 7) is 2.42. The number of nitrogens with zero attached hydrogens (tertiary/aromatic N) is 4. The number of hydrogen-bond donors (Lipinski definition) is 5. The molecule has 7 atom stereocenters. The van der Waals surface area contributed by atoms with Crippen LogP contribution in [0.25, 0.3) is 11.2 Å². The third-order valence-corrected chi connectivity index (χ3v) is 18.8. The Labute approximate surface area is 509 Å². The molecule has 6 N–H and O–H groups in total. The zero-order valence-electron chi connectivity index (χ0n) is 50.7. The maximum atomic E-state index is 12.7. The number of thioether (sulfide) groups is 1. The molecule has 2 aromatic heterocycles. The number of unbranched alkanes of at least 4 members (excludes halogenated alkanes) is 31. The van der Waals surface area contributed by atoms with Gasteiger partial charge in [-0.25, -0.2) is 19.3 Å². The van der Waals surface area contributed by atoms with Gasteiger partial charge in [-0.05, 0) is 18.9 Å². The van der Waals surface area contributed by atoms with Gasteiger partial charge in [0.1, 0.15) is 36.3 Å². The number of aliphatic hydroxyl groups is 2. The standard InChI is InChI=1S/C57H104N7O17P3S/c1-4-5-6-7-8-9-10-11-12-13-14-15-16-17-18-19-20-21-22-23-24-25-26-27-28-29-30-31-32-33-34-35-36-37-48(66)85-41-40-59-47(65)38-39-60-55(69)52(68)57(2,3)43-78-84(75,76)81-83(73,74)77-42-46-51(80-82(70,71)72)50(67)56(79-46)64-45-63-49-53(58)61-44-62-54(49)64/h36-37,44-46,50-52,56,67-68H,4-35,38-43H2,1-3H3,(H,59,65)(H,60,69)(H,73,74)(H,75,76)(H2,58,61,62)(H2,70,71,72)/p-4/b37-36+/t46-,50-,51-,52+,56-/m1/s1. The van der Waals surface area contributed by atoms with E-state index in [2.05, 4.69) is 50.4 Å². The number of phosphoric ester groups is 3. The molecule has 85 heavy (non-hydrogen) atoms. The zero-order chi connectivity index (χ0) is 62.4. The fourth-order valence-electron chi connectivity index (χ4n) is 9.95. The molecule has 0 aliphatic carbocycles. The number of allylic oxidation sites excluding steroid dienone is 1. The number of aromatic nitrogens is 4. The SMILES string of the molecule is CCCCCCCCCCCCCCCCCCCCCCCCCCCCCCCCC/C=C/C(=O)SCCNC(=O)CCNC(=O)[C@H](O)C(C)(C)COP(=O)([O-])OP(=O)([O-])OC[C@H]1O[C@@H](n2cnc3c(N)ncnc32)[C@H](O)[C@@H]1OP(=O)([O-])[O-]. The Morgan fingerprint density at radius 2 is 1.21 bits per heavy atom. The number of ether oxygens (including phenoxy) is 1. The molecule has 0 bridgehead atoms. The second kappa shape index (κ2) is 43.1. The van der Waals surface area contributed by atoms with Gasteiger partial charge in [-0.3, -0.25) is 28.1 Å². The van der Waals surface area contributed by atoms with Crippen molar-refractivity contribution < 1.29 is 80.5 Å². The first kappa shape index (κ1) is 76.5. The summed E-state index contributed by atoms with van der Waals surface area (Å²) in [7, 11) is -17.6. The molecule has 24 nitrogen and oxygen atoms in total. The van der Waals surface area contributed by atoms with E-state index in [0.29, 0.717) is 5.75 Å². The van der Waals surface area contributed by atoms with Gasteiger partial charge in [-0.1, -0.05) is 231 Å². The molecule has 490 valence electrons. The monoisotopic (exact) mass is 1280 g/mol. The summed E-state index contributed by atoms with van der Waals surface area (Å²) in [4.78, 5) is 97.3. The van der Waals surface area contributed by atoms with E-state index >= 15 is 0 Å². The van der Waals surface area contributed by atoms with Crippen molar-refractivity contribution >= 4 is 69.1 Å². The van der Waals surface area contributed by atoms with E-state index in [9.17, 15) is 57.9 Å². The van der Waals surface area contributed by atoms with Crippen LogP contribution in [0.3, 0.4) is 0 Å². The zero-order valence-corrected chi connectivity index (χ0v) is 54.2. The maximum Gasteiger partial charge on any atom is 0.274 e. The van der Waals surface area contributed by atoms with Crippen molar-refractivity contribution in [3.63, 3.8) is 0 Å². The fraction of sp³-hybridized carbons (Fsp3) is 0.825. The highest BCUT2D eigenvalue weighted by atomic mass is 32.2. The largest absolute Gasteiger partial charge is 0.790 e. The minimum atomic E-state index is -5.93. The van der Waals surface area contributed by atoms with Crippen molar-refractivity contribution in [3.05, 3.63) is 24.8 Å². The smallest absolute Gasteiger partial charge is 0.274 e. The first-order chi connectivity index (χ1) is 40.6. The predicted molar refractivity (Wildman–Crippen MR) is 321 cm³/mol. The third-order valence-electron chi connectivity index (χ3n) is 14.9. The van der Waals surface area contributed by atoms with Crippen LogP contribution >= 0.6 is 35.2 Å². The average molecular weight is 1280 g/mol. The van der Waals surface area contributed by atoms with E-state index in [4.69, 9.17) is 10.5 Å². The molecule has 1 aliphatic heterocycles. The Kier molecular flexibility index (Phi) is 38.8. The van der Waals surface area contributed by atoms with Gasteiger partial charge in [0, 0.05) is 30.7 Å². The summed E-state index contributed by atoms with van der Waals surface area (Å²) < 4.78 is 61.0. The number of rotatable bonds is 52. The van der Waals surface area contributed by atoms with Crippen molar-refractivity contribution in [1.82, 2.24) is 30.2 Å². The van der Waals surface area contributed by atoms with E-state index in [1.807, 2.05) is 6.08 Å². The Morgan fingerprint density at radius 1 is 0.729 bits per heavy atom. The fourth-order valence-corrected chi connectivity index (χ4v) is 13.3. The Morgan fingerprint density at radius 3 is 1.71 bits per heavy atom. The number of nitrogen functional groups attached to an aromatic ring is 1. The molecule has 0 saturated carbocycles. The van der Waals surface area contributed by atoms with E-state index in [0.717, 1.165) is 48.2 Å². The second-order valence-electron chi connectivity index (χ2n) is 22.9. The van der Waals surface area contributed by atoms with Gasteiger partial charge in [0.25, 0.3) is 15.6 Å². The highest BCUT2D eigenvalue weighted by Gasteiger charge is 2.47.